The van der Waals surface area contributed by atoms with Crippen LogP contribution in [0.25, 0.3) is 0 Å². The quantitative estimate of drug-likeness (QED) is 0.452. The van der Waals surface area contributed by atoms with Gasteiger partial charge in [-0.15, -0.1) is 24.0 Å². The smallest absolute Gasteiger partial charge is 0.193 e. The highest BCUT2D eigenvalue weighted by atomic mass is 127. The van der Waals surface area contributed by atoms with Gasteiger partial charge in [0.25, 0.3) is 0 Å². The lowest BCUT2D eigenvalue weighted by Crippen LogP contribution is -2.36. The molecule has 0 unspecified atom stereocenters. The molecule has 3 N–H and O–H groups in total. The lowest BCUT2D eigenvalue weighted by Gasteiger charge is -2.20. The molecule has 0 aliphatic rings. The standard InChI is InChI=1S/C13H21N3O2S.HI/c1-10-5-7-11(8-6-10)16-12(14)15-9-13(2,3)19(4,17)18;/h5-8H,9H2,1-4H3,(H3,14,15,16);1H. The average molecular weight is 411 g/mol. The summed E-state index contributed by atoms with van der Waals surface area (Å²) in [5.74, 6) is 0.209. The number of aryl methyl sites for hydroxylation is 1. The minimum absolute atomic E-state index is 0. The van der Waals surface area contributed by atoms with Crippen LogP contribution in [0.1, 0.15) is 19.4 Å². The number of anilines is 1. The van der Waals surface area contributed by atoms with E-state index in [9.17, 15) is 8.42 Å². The molecular weight excluding hydrogens is 389 g/mol. The van der Waals surface area contributed by atoms with Crippen molar-refractivity contribution in [2.45, 2.75) is 25.5 Å². The van der Waals surface area contributed by atoms with Gasteiger partial charge in [0, 0.05) is 11.9 Å². The fourth-order valence-corrected chi connectivity index (χ4v) is 1.52. The molecule has 5 nitrogen and oxygen atoms in total. The van der Waals surface area contributed by atoms with Crippen LogP contribution >= 0.6 is 24.0 Å². The van der Waals surface area contributed by atoms with Gasteiger partial charge in [0.05, 0.1) is 11.3 Å². The lowest BCUT2D eigenvalue weighted by atomic mass is 10.2. The molecule has 1 aromatic carbocycles. The second-order valence-corrected chi connectivity index (χ2v) is 7.87. The summed E-state index contributed by atoms with van der Waals surface area (Å²) in [6, 6.07) is 7.69. The van der Waals surface area contributed by atoms with E-state index in [1.165, 1.54) is 6.26 Å². The fourth-order valence-electron chi connectivity index (χ4n) is 1.22. The van der Waals surface area contributed by atoms with Crippen molar-refractivity contribution in [3.63, 3.8) is 0 Å². The topological polar surface area (TPSA) is 84.5 Å². The van der Waals surface area contributed by atoms with Crippen LogP contribution < -0.4 is 11.1 Å². The van der Waals surface area contributed by atoms with Gasteiger partial charge in [-0.05, 0) is 32.9 Å². The van der Waals surface area contributed by atoms with Gasteiger partial charge in [0.2, 0.25) is 0 Å². The number of hydrogen-bond acceptors (Lipinski definition) is 3. The molecule has 7 heteroatoms. The van der Waals surface area contributed by atoms with Crippen molar-refractivity contribution < 1.29 is 8.42 Å². The van der Waals surface area contributed by atoms with Crippen LogP contribution in [0.5, 0.6) is 0 Å². The second-order valence-electron chi connectivity index (χ2n) is 5.22. The maximum atomic E-state index is 11.5. The van der Waals surface area contributed by atoms with Gasteiger partial charge in [-0.1, -0.05) is 17.7 Å². The van der Waals surface area contributed by atoms with E-state index in [2.05, 4.69) is 10.3 Å². The number of sulfone groups is 1. The van der Waals surface area contributed by atoms with Crippen LogP contribution in [0.15, 0.2) is 29.3 Å². The second kappa shape index (κ2) is 7.26. The fraction of sp³-hybridized carbons (Fsp3) is 0.462. The predicted octanol–water partition coefficient (Wildman–Crippen LogP) is 2.16. The highest BCUT2D eigenvalue weighted by Crippen LogP contribution is 2.15. The number of nitrogens with one attached hydrogen (secondary N) is 1. The van der Waals surface area contributed by atoms with Gasteiger partial charge in [0.1, 0.15) is 0 Å². The minimum Gasteiger partial charge on any atom is -0.370 e. The molecule has 0 aliphatic carbocycles. The molecule has 0 bridgehead atoms. The molecule has 20 heavy (non-hydrogen) atoms. The van der Waals surface area contributed by atoms with Crippen molar-refractivity contribution in [3.8, 4) is 0 Å². The molecule has 114 valence electrons. The van der Waals surface area contributed by atoms with E-state index in [4.69, 9.17) is 5.73 Å². The van der Waals surface area contributed by atoms with Crippen LogP contribution in [0.2, 0.25) is 0 Å². The number of aliphatic imine (C=N–C) groups is 1. The summed E-state index contributed by atoms with van der Waals surface area (Å²) in [6.45, 7) is 5.38. The normalized spacial score (nSPS) is 12.7. The van der Waals surface area contributed by atoms with E-state index in [0.717, 1.165) is 11.3 Å². The maximum absolute atomic E-state index is 11.5. The first-order valence-electron chi connectivity index (χ1n) is 5.95. The van der Waals surface area contributed by atoms with Crippen LogP contribution in [0.4, 0.5) is 5.69 Å². The molecule has 1 rings (SSSR count). The van der Waals surface area contributed by atoms with Gasteiger partial charge < -0.3 is 11.1 Å². The Labute approximate surface area is 138 Å². The molecule has 0 fully saturated rings. The third-order valence-corrected chi connectivity index (χ3v) is 5.09. The SMILES string of the molecule is Cc1ccc(NC(N)=NCC(C)(C)S(C)(=O)=O)cc1.I. The van der Waals surface area contributed by atoms with E-state index < -0.39 is 14.6 Å². The number of hydrogen-bond donors (Lipinski definition) is 2. The number of nitrogens with two attached hydrogens (primary N) is 1. The molecule has 0 saturated heterocycles. The van der Waals surface area contributed by atoms with Crippen LogP contribution in [0, 0.1) is 6.92 Å². The number of guanidine groups is 1. The molecule has 0 atom stereocenters. The molecule has 0 radical (unpaired) electrons. The molecule has 0 spiro atoms. The number of benzene rings is 1. The van der Waals surface area contributed by atoms with Gasteiger partial charge >= 0.3 is 0 Å². The molecule has 0 saturated carbocycles. The summed E-state index contributed by atoms with van der Waals surface area (Å²) in [4.78, 5) is 4.08. The Morgan fingerprint density at radius 3 is 2.25 bits per heavy atom. The summed E-state index contributed by atoms with van der Waals surface area (Å²) in [5.41, 5.74) is 7.71. The molecule has 1 aromatic rings. The van der Waals surface area contributed by atoms with Gasteiger partial charge in [-0.2, -0.15) is 0 Å². The predicted molar refractivity (Wildman–Crippen MR) is 95.6 cm³/mol. The zero-order chi connectivity index (χ0) is 14.7. The van der Waals surface area contributed by atoms with Crippen LogP contribution in [-0.2, 0) is 9.84 Å². The van der Waals surface area contributed by atoms with E-state index in [0.29, 0.717) is 0 Å². The Hall–Kier alpha value is -0.830. The van der Waals surface area contributed by atoms with E-state index >= 15 is 0 Å². The molecule has 0 aliphatic heterocycles. The van der Waals surface area contributed by atoms with Crippen LogP contribution in [0.3, 0.4) is 0 Å². The van der Waals surface area contributed by atoms with Gasteiger partial charge in [-0.3, -0.25) is 4.99 Å². The monoisotopic (exact) mass is 411 g/mol. The number of halogens is 1. The zero-order valence-electron chi connectivity index (χ0n) is 12.2. The molecule has 0 heterocycles. The third kappa shape index (κ3) is 5.66. The summed E-state index contributed by atoms with van der Waals surface area (Å²) in [5, 5.41) is 2.93. The lowest BCUT2D eigenvalue weighted by molar-refractivity contribution is 0.555. The zero-order valence-corrected chi connectivity index (χ0v) is 15.3. The minimum atomic E-state index is -3.17. The highest BCUT2D eigenvalue weighted by molar-refractivity contribution is 14.0. The summed E-state index contributed by atoms with van der Waals surface area (Å²) in [7, 11) is -3.17. The first-order chi connectivity index (χ1) is 8.62. The van der Waals surface area contributed by atoms with Crippen molar-refractivity contribution in [1.82, 2.24) is 0 Å². The molecular formula is C13H22IN3O2S. The number of nitrogens with zero attached hydrogens (tertiary/aromatic N) is 1. The Morgan fingerprint density at radius 2 is 1.80 bits per heavy atom. The Balaban J connectivity index is 0.00000361. The Kier molecular flexibility index (Phi) is 6.96. The van der Waals surface area contributed by atoms with E-state index in [-0.39, 0.29) is 36.5 Å². The Morgan fingerprint density at radius 1 is 1.30 bits per heavy atom. The van der Waals surface area contributed by atoms with Gasteiger partial charge in [0.15, 0.2) is 15.8 Å². The summed E-state index contributed by atoms with van der Waals surface area (Å²) >= 11 is 0. The van der Waals surface area contributed by atoms with E-state index in [1.54, 1.807) is 13.8 Å². The van der Waals surface area contributed by atoms with Gasteiger partial charge in [-0.25, -0.2) is 8.42 Å². The molecule has 0 amide bonds. The van der Waals surface area contributed by atoms with Crippen molar-refractivity contribution in [2.75, 3.05) is 18.1 Å². The highest BCUT2D eigenvalue weighted by Gasteiger charge is 2.29. The average Bonchev–Trinajstić information content (AvgIpc) is 2.28. The first-order valence-corrected chi connectivity index (χ1v) is 7.84. The largest absolute Gasteiger partial charge is 0.370 e. The summed E-state index contributed by atoms with van der Waals surface area (Å²) < 4.78 is 22.1. The first kappa shape index (κ1) is 19.2. The maximum Gasteiger partial charge on any atom is 0.193 e. The molecule has 0 aromatic heterocycles. The Bertz CT molecular complexity index is 566. The van der Waals surface area contributed by atoms with Crippen molar-refractivity contribution in [3.05, 3.63) is 29.8 Å². The number of rotatable bonds is 4. The summed E-state index contributed by atoms with van der Waals surface area (Å²) in [6.07, 6.45) is 1.20. The van der Waals surface area contributed by atoms with Crippen molar-refractivity contribution in [1.29, 1.82) is 0 Å². The van der Waals surface area contributed by atoms with Crippen LogP contribution in [-0.4, -0.2) is 31.9 Å². The van der Waals surface area contributed by atoms with Crippen molar-refractivity contribution in [2.24, 2.45) is 10.7 Å². The third-order valence-electron chi connectivity index (χ3n) is 2.96. The van der Waals surface area contributed by atoms with Crippen molar-refractivity contribution >= 4 is 45.5 Å². The van der Waals surface area contributed by atoms with E-state index in [1.807, 2.05) is 31.2 Å².